The molecule has 0 aromatic rings. The van der Waals surface area contributed by atoms with Gasteiger partial charge in [0.15, 0.2) is 12.6 Å². The van der Waals surface area contributed by atoms with Crippen LogP contribution in [0, 0.1) is 0 Å². The normalized spacial score (nSPS) is 23.8. The van der Waals surface area contributed by atoms with Gasteiger partial charge in [-0.3, -0.25) is 4.79 Å². The van der Waals surface area contributed by atoms with Gasteiger partial charge < -0.3 is 65.1 Å². The van der Waals surface area contributed by atoms with Gasteiger partial charge in [0.2, 0.25) is 5.91 Å². The largest absolute Gasteiger partial charge is 0.394 e. The first-order chi connectivity index (χ1) is 41.6. The summed E-state index contributed by atoms with van der Waals surface area (Å²) < 4.78 is 22.7. The molecule has 12 atom stereocenters. The third-order valence-electron chi connectivity index (χ3n) is 17.2. The van der Waals surface area contributed by atoms with Crippen molar-refractivity contribution in [2.75, 3.05) is 19.8 Å². The summed E-state index contributed by atoms with van der Waals surface area (Å²) in [7, 11) is 0. The monoisotopic (exact) mass is 1210 g/mol. The van der Waals surface area contributed by atoms with Crippen molar-refractivity contribution in [2.45, 2.75) is 376 Å². The molecule has 0 spiro atoms. The molecule has 0 aliphatic carbocycles. The first-order valence-electron chi connectivity index (χ1n) is 35.4. The van der Waals surface area contributed by atoms with Crippen molar-refractivity contribution in [3.05, 3.63) is 48.6 Å². The number of rotatable bonds is 58. The van der Waals surface area contributed by atoms with Gasteiger partial charge in [-0.2, -0.15) is 0 Å². The van der Waals surface area contributed by atoms with Crippen molar-refractivity contribution in [3.8, 4) is 0 Å². The van der Waals surface area contributed by atoms with Gasteiger partial charge in [0.25, 0.3) is 0 Å². The highest BCUT2D eigenvalue weighted by Gasteiger charge is 2.51. The summed E-state index contributed by atoms with van der Waals surface area (Å²) in [5, 5.41) is 87.0. The molecule has 2 heterocycles. The predicted octanol–water partition coefficient (Wildman–Crippen LogP) is 14.3. The average Bonchev–Trinajstić information content (AvgIpc) is 3.25. The van der Waals surface area contributed by atoms with Crippen LogP contribution in [-0.4, -0.2) is 140 Å². The zero-order valence-electron chi connectivity index (χ0n) is 54.1. The molecule has 0 bridgehead atoms. The van der Waals surface area contributed by atoms with Crippen LogP contribution in [0.2, 0.25) is 0 Å². The molecule has 0 radical (unpaired) electrons. The molecule has 2 rings (SSSR count). The molecule has 0 saturated carbocycles. The van der Waals surface area contributed by atoms with Gasteiger partial charge in [0.1, 0.15) is 48.8 Å². The molecule has 498 valence electrons. The third kappa shape index (κ3) is 40.3. The average molecular weight is 1210 g/mol. The van der Waals surface area contributed by atoms with Crippen molar-refractivity contribution in [1.82, 2.24) is 5.32 Å². The maximum absolute atomic E-state index is 13.2. The quantitative estimate of drug-likeness (QED) is 0.0204. The van der Waals surface area contributed by atoms with Crippen LogP contribution in [0.3, 0.4) is 0 Å². The highest BCUT2D eigenvalue weighted by atomic mass is 16.7. The second kappa shape index (κ2) is 56.0. The number of carbonyl (C=O) groups excluding carboxylic acids is 1. The smallest absolute Gasteiger partial charge is 0.220 e. The number of allylic oxidation sites excluding steroid dienone is 7. The van der Waals surface area contributed by atoms with Gasteiger partial charge in [-0.25, -0.2) is 0 Å². The highest BCUT2D eigenvalue weighted by molar-refractivity contribution is 5.76. The minimum atomic E-state index is -1.79. The molecular formula is C71H131NO13. The lowest BCUT2D eigenvalue weighted by Gasteiger charge is -2.46. The van der Waals surface area contributed by atoms with E-state index in [9.17, 15) is 45.6 Å². The number of carbonyl (C=O) groups is 1. The Hall–Kier alpha value is -2.05. The molecule has 0 aromatic carbocycles. The fourth-order valence-electron chi connectivity index (χ4n) is 11.6. The Balaban J connectivity index is 1.50. The van der Waals surface area contributed by atoms with E-state index < -0.39 is 86.8 Å². The number of hydrogen-bond donors (Lipinski definition) is 9. The van der Waals surface area contributed by atoms with Crippen LogP contribution in [-0.2, 0) is 23.7 Å². The number of amides is 1. The summed E-state index contributed by atoms with van der Waals surface area (Å²) in [6.45, 7) is 2.74. The van der Waals surface area contributed by atoms with Gasteiger partial charge in [-0.05, 0) is 64.2 Å². The maximum Gasteiger partial charge on any atom is 0.220 e. The number of aliphatic hydroxyl groups excluding tert-OH is 8. The summed E-state index contributed by atoms with van der Waals surface area (Å²) in [6.07, 6.45) is 56.7. The van der Waals surface area contributed by atoms with Crippen molar-refractivity contribution < 1.29 is 64.6 Å². The van der Waals surface area contributed by atoms with Crippen molar-refractivity contribution in [2.24, 2.45) is 0 Å². The zero-order valence-corrected chi connectivity index (χ0v) is 54.1. The fourth-order valence-corrected chi connectivity index (χ4v) is 11.6. The van der Waals surface area contributed by atoms with E-state index in [1.807, 2.05) is 6.08 Å². The van der Waals surface area contributed by atoms with Crippen LogP contribution in [0.1, 0.15) is 303 Å². The summed E-state index contributed by atoms with van der Waals surface area (Å²) in [5.41, 5.74) is 0. The van der Waals surface area contributed by atoms with Gasteiger partial charge in [0.05, 0.1) is 32.0 Å². The van der Waals surface area contributed by atoms with E-state index in [0.717, 1.165) is 38.5 Å². The molecule has 0 aromatic heterocycles. The SMILES string of the molecule is CCCCCC/C=C/CC/C=C/C(O)C(COC1OC(CO)C(OC2OC(CO)C(O)C(O)C2O)C(O)C1O)NC(=O)CCCCCCCCCCCCCCCCCCCCCCCCCCCCCCC/C=C\C/C=C\CCCCCCC. The van der Waals surface area contributed by atoms with Crippen LogP contribution in [0.25, 0.3) is 0 Å². The third-order valence-corrected chi connectivity index (χ3v) is 17.2. The van der Waals surface area contributed by atoms with E-state index >= 15 is 0 Å². The van der Waals surface area contributed by atoms with E-state index in [2.05, 4.69) is 55.6 Å². The Morgan fingerprint density at radius 1 is 0.424 bits per heavy atom. The number of ether oxygens (including phenoxy) is 4. The maximum atomic E-state index is 13.2. The summed E-state index contributed by atoms with van der Waals surface area (Å²) in [5.74, 6) is -0.247. The predicted molar refractivity (Wildman–Crippen MR) is 346 cm³/mol. The number of hydrogen-bond acceptors (Lipinski definition) is 13. The van der Waals surface area contributed by atoms with E-state index in [0.29, 0.717) is 12.8 Å². The Morgan fingerprint density at radius 3 is 1.24 bits per heavy atom. The molecule has 1 amide bonds. The van der Waals surface area contributed by atoms with E-state index in [4.69, 9.17) is 18.9 Å². The van der Waals surface area contributed by atoms with Crippen molar-refractivity contribution >= 4 is 5.91 Å². The summed E-state index contributed by atoms with van der Waals surface area (Å²) in [6, 6.07) is -0.928. The molecule has 9 N–H and O–H groups in total. The standard InChI is InChI=1S/C71H131NO13/c1-3-5-7-9-11-13-15-16-17-18-19-20-21-22-23-24-25-26-27-28-29-30-31-32-33-34-35-36-37-38-39-40-41-42-43-44-45-47-49-51-53-55-63(76)72-59(60(75)54-52-50-48-46-14-12-10-8-6-4-2)58-82-70-68(81)66(79)69(62(57-74)84-70)85-71-67(80)65(78)64(77)61(56-73)83-71/h14-16,18-19,46,52,54,59-62,64-71,73-75,77-81H,3-13,17,20-45,47-51,53,55-58H2,1-2H3,(H,72,76)/b16-15-,19-18-,46-14+,54-52+. The lowest BCUT2D eigenvalue weighted by molar-refractivity contribution is -0.359. The second-order valence-corrected chi connectivity index (χ2v) is 25.0. The molecule has 2 aliphatic rings. The molecular weight excluding hydrogens is 1070 g/mol. The van der Waals surface area contributed by atoms with Gasteiger partial charge in [-0.1, -0.05) is 281 Å². The van der Waals surface area contributed by atoms with Gasteiger partial charge in [0, 0.05) is 6.42 Å². The van der Waals surface area contributed by atoms with Crippen LogP contribution in [0.5, 0.6) is 0 Å². The first-order valence-corrected chi connectivity index (χ1v) is 35.4. The van der Waals surface area contributed by atoms with E-state index in [1.165, 1.54) is 231 Å². The lowest BCUT2D eigenvalue weighted by atomic mass is 9.97. The molecule has 12 unspecified atom stereocenters. The Bertz CT molecular complexity index is 1610. The highest BCUT2D eigenvalue weighted by Crippen LogP contribution is 2.30. The molecule has 2 saturated heterocycles. The van der Waals surface area contributed by atoms with E-state index in [-0.39, 0.29) is 18.9 Å². The van der Waals surface area contributed by atoms with Crippen LogP contribution < -0.4 is 5.32 Å². The number of unbranched alkanes of at least 4 members (excludes halogenated alkanes) is 39. The number of nitrogens with one attached hydrogen (secondary N) is 1. The molecule has 2 aliphatic heterocycles. The molecule has 14 nitrogen and oxygen atoms in total. The second-order valence-electron chi connectivity index (χ2n) is 25.0. The topological polar surface area (TPSA) is 228 Å². The Morgan fingerprint density at radius 2 is 0.788 bits per heavy atom. The first kappa shape index (κ1) is 79.0. The zero-order chi connectivity index (χ0) is 61.6. The Kier molecular flexibility index (Phi) is 52.1. The lowest BCUT2D eigenvalue weighted by Crippen LogP contribution is -2.65. The van der Waals surface area contributed by atoms with Crippen LogP contribution >= 0.6 is 0 Å². The van der Waals surface area contributed by atoms with Crippen LogP contribution in [0.4, 0.5) is 0 Å². The minimum absolute atomic E-state index is 0.247. The summed E-state index contributed by atoms with van der Waals surface area (Å²) >= 11 is 0. The van der Waals surface area contributed by atoms with Crippen molar-refractivity contribution in [1.29, 1.82) is 0 Å². The fraction of sp³-hybridized carbons (Fsp3) is 0.873. The van der Waals surface area contributed by atoms with Gasteiger partial charge >= 0.3 is 0 Å². The number of aliphatic hydroxyl groups is 8. The molecule has 85 heavy (non-hydrogen) atoms. The summed E-state index contributed by atoms with van der Waals surface area (Å²) in [4.78, 5) is 13.2. The minimum Gasteiger partial charge on any atom is -0.394 e. The Labute approximate surface area is 518 Å². The van der Waals surface area contributed by atoms with Crippen molar-refractivity contribution in [3.63, 3.8) is 0 Å². The van der Waals surface area contributed by atoms with Gasteiger partial charge in [-0.15, -0.1) is 0 Å². The van der Waals surface area contributed by atoms with E-state index in [1.54, 1.807) is 6.08 Å². The molecule has 14 heteroatoms. The van der Waals surface area contributed by atoms with Crippen LogP contribution in [0.15, 0.2) is 48.6 Å². The molecule has 2 fully saturated rings.